The Labute approximate surface area is 303 Å². The molecule has 2 N–H and O–H groups in total. The van der Waals surface area contributed by atoms with Gasteiger partial charge in [-0.25, -0.2) is 19.6 Å². The van der Waals surface area contributed by atoms with Crippen molar-refractivity contribution in [1.29, 1.82) is 0 Å². The molecule has 2 aromatic heterocycles. The zero-order valence-electron chi connectivity index (χ0n) is 30.6. The normalized spacial score (nSPS) is 20.1. The van der Waals surface area contributed by atoms with Crippen molar-refractivity contribution in [3.63, 3.8) is 0 Å². The second-order valence-corrected chi connectivity index (χ2v) is 15.1. The summed E-state index contributed by atoms with van der Waals surface area (Å²) in [6.45, 7) is 13.4. The van der Waals surface area contributed by atoms with Gasteiger partial charge in [0.1, 0.15) is 36.8 Å². The van der Waals surface area contributed by atoms with E-state index >= 15 is 0 Å². The number of ether oxygens (including phenoxy) is 2. The Kier molecular flexibility index (Phi) is 11.9. The fourth-order valence-corrected chi connectivity index (χ4v) is 5.89. The number of benzene rings is 2. The van der Waals surface area contributed by atoms with Gasteiger partial charge in [0.15, 0.2) is 0 Å². The van der Waals surface area contributed by atoms with Gasteiger partial charge in [-0.15, -0.1) is 0 Å². The fourth-order valence-electron chi connectivity index (χ4n) is 5.89. The third-order valence-electron chi connectivity index (χ3n) is 8.80. The minimum absolute atomic E-state index is 0.112. The van der Waals surface area contributed by atoms with Gasteiger partial charge in [0.25, 0.3) is 0 Å². The summed E-state index contributed by atoms with van der Waals surface area (Å²) >= 11 is 0. The minimum atomic E-state index is -0.477. The Balaban J connectivity index is 0.000000202. The van der Waals surface area contributed by atoms with Gasteiger partial charge in [-0.3, -0.25) is 9.80 Å². The van der Waals surface area contributed by atoms with Crippen LogP contribution in [0.15, 0.2) is 87.0 Å². The Morgan fingerprint density at radius 3 is 1.65 bits per heavy atom. The van der Waals surface area contributed by atoms with Crippen molar-refractivity contribution in [2.24, 2.45) is 10.8 Å². The molecule has 2 saturated heterocycles. The van der Waals surface area contributed by atoms with E-state index in [0.29, 0.717) is 31.2 Å². The Hall–Kier alpha value is -5.33. The molecule has 0 spiro atoms. The second kappa shape index (κ2) is 16.3. The van der Waals surface area contributed by atoms with Crippen LogP contribution in [-0.2, 0) is 33.5 Å². The van der Waals surface area contributed by atoms with Crippen molar-refractivity contribution in [3.8, 4) is 0 Å². The zero-order valence-corrected chi connectivity index (χ0v) is 30.6. The standard InChI is InChI=1S/C19H23N5O3.C19H25N3O3/c1-19(2,3)16-10-21-17(27-16)15-9-14(22-23-20)11-24(15)18(25)26-12-13-7-5-4-6-8-13;1-19(2,3)16-10-21-17(25-16)15-9-14(20)11-22(15)18(23)24-12-13-7-5-4-6-8-13/h4-8,10,14-15H,9,11-12H2,1-3H3;4-8,10,14-15H,9,11-12,20H2,1-3H3/t2*14-,15-/m00/s1. The molecule has 0 radical (unpaired) electrons. The zero-order chi connectivity index (χ0) is 37.5. The molecule has 14 heteroatoms. The maximum absolute atomic E-state index is 12.7. The van der Waals surface area contributed by atoms with Crippen molar-refractivity contribution in [2.45, 2.75) is 103 Å². The molecule has 2 fully saturated rings. The highest BCUT2D eigenvalue weighted by atomic mass is 16.6. The number of rotatable bonds is 7. The third kappa shape index (κ3) is 9.71. The van der Waals surface area contributed by atoms with E-state index in [-0.39, 0.29) is 48.7 Å². The number of carbonyl (C=O) groups is 2. The van der Waals surface area contributed by atoms with E-state index in [9.17, 15) is 9.59 Å². The van der Waals surface area contributed by atoms with Crippen LogP contribution >= 0.6 is 0 Å². The Bertz CT molecular complexity index is 1820. The minimum Gasteiger partial charge on any atom is -0.445 e. The third-order valence-corrected chi connectivity index (χ3v) is 8.80. The molecule has 14 nitrogen and oxygen atoms in total. The lowest BCUT2D eigenvalue weighted by Gasteiger charge is -2.22. The van der Waals surface area contributed by atoms with Gasteiger partial charge in [-0.1, -0.05) is 107 Å². The van der Waals surface area contributed by atoms with Crippen molar-refractivity contribution in [3.05, 3.63) is 118 Å². The average Bonchev–Trinajstić information content (AvgIpc) is 3.93. The SMILES string of the molecule is CC(C)(C)c1cnc([C@@H]2C[C@H](N)CN2C(=O)OCc2ccccc2)o1.CC(C)(C)c1cnc([C@@H]2C[C@H](N=[N+]=[N-])CN2C(=O)OCc2ccccc2)o1. The van der Waals surface area contributed by atoms with Gasteiger partial charge in [-0.05, 0) is 29.5 Å². The van der Waals surface area contributed by atoms with E-state index in [0.717, 1.165) is 22.6 Å². The van der Waals surface area contributed by atoms with Gasteiger partial charge in [-0.2, -0.15) is 0 Å². The molecule has 6 rings (SSSR count). The molecule has 2 amide bonds. The van der Waals surface area contributed by atoms with Crippen LogP contribution in [0.5, 0.6) is 0 Å². The first kappa shape index (κ1) is 37.9. The van der Waals surface area contributed by atoms with Crippen LogP contribution in [0.1, 0.15) is 101 Å². The van der Waals surface area contributed by atoms with Gasteiger partial charge in [0, 0.05) is 34.9 Å². The highest BCUT2D eigenvalue weighted by Crippen LogP contribution is 2.36. The lowest BCUT2D eigenvalue weighted by atomic mass is 9.94. The second-order valence-electron chi connectivity index (χ2n) is 15.1. The van der Waals surface area contributed by atoms with Gasteiger partial charge < -0.3 is 24.0 Å². The van der Waals surface area contributed by atoms with E-state index in [1.54, 1.807) is 17.3 Å². The van der Waals surface area contributed by atoms with Gasteiger partial charge >= 0.3 is 12.2 Å². The smallest absolute Gasteiger partial charge is 0.410 e. The number of oxazole rings is 2. The van der Waals surface area contributed by atoms with Crippen LogP contribution < -0.4 is 5.73 Å². The quantitative estimate of drug-likeness (QED) is 0.112. The van der Waals surface area contributed by atoms with Crippen LogP contribution in [0.4, 0.5) is 9.59 Å². The molecule has 2 aromatic carbocycles. The largest absolute Gasteiger partial charge is 0.445 e. The van der Waals surface area contributed by atoms with Crippen molar-refractivity contribution >= 4 is 12.2 Å². The van der Waals surface area contributed by atoms with E-state index in [1.807, 2.05) is 81.4 Å². The lowest BCUT2D eigenvalue weighted by molar-refractivity contribution is 0.0865. The number of hydrogen-bond acceptors (Lipinski definition) is 10. The summed E-state index contributed by atoms with van der Waals surface area (Å²) < 4.78 is 22.7. The van der Waals surface area contributed by atoms with Crippen molar-refractivity contribution < 1.29 is 27.9 Å². The topological polar surface area (TPSA) is 186 Å². The Morgan fingerprint density at radius 2 is 1.23 bits per heavy atom. The monoisotopic (exact) mass is 712 g/mol. The van der Waals surface area contributed by atoms with Crippen LogP contribution in [0.25, 0.3) is 10.4 Å². The predicted molar refractivity (Wildman–Crippen MR) is 193 cm³/mol. The molecule has 4 atom stereocenters. The van der Waals surface area contributed by atoms with Crippen LogP contribution in [0.2, 0.25) is 0 Å². The van der Waals surface area contributed by atoms with Gasteiger partial charge in [0.2, 0.25) is 11.8 Å². The van der Waals surface area contributed by atoms with Crippen LogP contribution in [-0.4, -0.2) is 57.1 Å². The van der Waals surface area contributed by atoms with Crippen LogP contribution in [0.3, 0.4) is 0 Å². The van der Waals surface area contributed by atoms with Crippen molar-refractivity contribution in [1.82, 2.24) is 19.8 Å². The number of likely N-dealkylation sites (tertiary alicyclic amines) is 2. The first-order valence-electron chi connectivity index (χ1n) is 17.4. The number of amides is 2. The van der Waals surface area contributed by atoms with E-state index < -0.39 is 18.2 Å². The van der Waals surface area contributed by atoms with Gasteiger partial charge in [0.05, 0.1) is 18.4 Å². The molecule has 52 heavy (non-hydrogen) atoms. The first-order chi connectivity index (χ1) is 24.7. The fraction of sp³-hybridized carbons (Fsp3) is 0.474. The molecular formula is C38H48N8O6. The predicted octanol–water partition coefficient (Wildman–Crippen LogP) is 8.12. The van der Waals surface area contributed by atoms with Crippen molar-refractivity contribution in [2.75, 3.05) is 13.1 Å². The molecule has 2 aliphatic rings. The number of azide groups is 1. The number of nitrogens with zero attached hydrogens (tertiary/aromatic N) is 7. The summed E-state index contributed by atoms with van der Waals surface area (Å²) in [5.41, 5.74) is 16.4. The molecule has 0 aliphatic carbocycles. The Morgan fingerprint density at radius 1 is 0.788 bits per heavy atom. The summed E-state index contributed by atoms with van der Waals surface area (Å²) in [6, 6.07) is 17.9. The summed E-state index contributed by atoms with van der Waals surface area (Å²) in [5, 5.41) is 3.77. The maximum Gasteiger partial charge on any atom is 0.410 e. The maximum atomic E-state index is 12.7. The molecule has 0 unspecified atom stereocenters. The molecule has 0 bridgehead atoms. The lowest BCUT2D eigenvalue weighted by Crippen LogP contribution is -2.33. The molecular weight excluding hydrogens is 664 g/mol. The number of nitrogens with two attached hydrogens (primary N) is 1. The van der Waals surface area contributed by atoms with E-state index in [4.69, 9.17) is 29.6 Å². The summed E-state index contributed by atoms with van der Waals surface area (Å²) in [7, 11) is 0. The molecule has 2 aliphatic heterocycles. The van der Waals surface area contributed by atoms with E-state index in [1.165, 1.54) is 4.90 Å². The summed E-state index contributed by atoms with van der Waals surface area (Å²) in [5.74, 6) is 2.49. The number of hydrogen-bond donors (Lipinski definition) is 1. The number of carbonyl (C=O) groups excluding carboxylic acids is 2. The first-order valence-corrected chi connectivity index (χ1v) is 17.4. The molecule has 4 heterocycles. The molecule has 276 valence electrons. The number of aromatic nitrogens is 2. The summed E-state index contributed by atoms with van der Waals surface area (Å²) in [4.78, 5) is 39.9. The molecule has 0 saturated carbocycles. The average molecular weight is 713 g/mol. The summed E-state index contributed by atoms with van der Waals surface area (Å²) in [6.07, 6.45) is 3.61. The van der Waals surface area contributed by atoms with Crippen LogP contribution in [0, 0.1) is 0 Å². The highest BCUT2D eigenvalue weighted by molar-refractivity contribution is 5.69. The van der Waals surface area contributed by atoms with E-state index in [2.05, 4.69) is 40.8 Å². The molecule has 4 aromatic rings. The highest BCUT2D eigenvalue weighted by Gasteiger charge is 2.41.